The number of hydrogen-bond donors (Lipinski definition) is 2. The van der Waals surface area contributed by atoms with E-state index in [0.29, 0.717) is 29.6 Å². The number of rotatable bonds is 7. The Morgan fingerprint density at radius 3 is 2.75 bits per heavy atom. The Hall–Kier alpha value is -3.20. The number of unbranched alkanes of at least 4 members (excludes halogenated alkanes) is 1. The first-order valence-corrected chi connectivity index (χ1v) is 11.3. The second-order valence-corrected chi connectivity index (χ2v) is 8.63. The first-order valence-electron chi connectivity index (χ1n) is 10.5. The van der Waals surface area contributed by atoms with Crippen molar-refractivity contribution in [2.75, 3.05) is 17.2 Å². The van der Waals surface area contributed by atoms with E-state index in [2.05, 4.69) is 49.0 Å². The molecule has 0 saturated carbocycles. The van der Waals surface area contributed by atoms with Gasteiger partial charge in [0.1, 0.15) is 11.8 Å². The highest BCUT2D eigenvalue weighted by Crippen LogP contribution is 2.40. The number of halogens is 1. The van der Waals surface area contributed by atoms with E-state index in [1.54, 1.807) is 4.68 Å². The van der Waals surface area contributed by atoms with Gasteiger partial charge in [0.15, 0.2) is 0 Å². The number of anilines is 2. The van der Waals surface area contributed by atoms with Crippen molar-refractivity contribution in [2.24, 2.45) is 0 Å². The summed E-state index contributed by atoms with van der Waals surface area (Å²) in [7, 11) is 0. The van der Waals surface area contributed by atoms with Gasteiger partial charge in [-0.25, -0.2) is 0 Å². The van der Waals surface area contributed by atoms with Crippen molar-refractivity contribution < 1.29 is 9.53 Å². The van der Waals surface area contributed by atoms with E-state index in [9.17, 15) is 4.79 Å². The van der Waals surface area contributed by atoms with E-state index in [1.807, 2.05) is 56.3 Å². The monoisotopic (exact) mass is 496 g/mol. The SMILES string of the molecule is CCCCOc1ccc(Br)cc1C1C(C(=O)Nc2ccc(C)cc2)=C(C)Nc2nnnn21. The quantitative estimate of drug-likeness (QED) is 0.454. The number of aryl methyl sites for hydroxylation is 1. The Morgan fingerprint density at radius 2 is 2.00 bits per heavy atom. The zero-order valence-corrected chi connectivity index (χ0v) is 19.8. The maximum absolute atomic E-state index is 13.5. The summed E-state index contributed by atoms with van der Waals surface area (Å²) in [6, 6.07) is 12.9. The number of benzene rings is 2. The molecule has 1 aliphatic rings. The molecule has 2 aromatic carbocycles. The van der Waals surface area contributed by atoms with Crippen LogP contribution in [-0.2, 0) is 4.79 Å². The summed E-state index contributed by atoms with van der Waals surface area (Å²) in [6.07, 6.45) is 1.97. The largest absolute Gasteiger partial charge is 0.493 e. The minimum atomic E-state index is -0.555. The molecule has 1 aliphatic heterocycles. The number of aromatic nitrogens is 4. The molecule has 0 saturated heterocycles. The summed E-state index contributed by atoms with van der Waals surface area (Å²) < 4.78 is 8.59. The summed E-state index contributed by atoms with van der Waals surface area (Å²) >= 11 is 3.56. The van der Waals surface area contributed by atoms with Crippen LogP contribution in [0.2, 0.25) is 0 Å². The molecule has 1 atom stereocenters. The van der Waals surface area contributed by atoms with Gasteiger partial charge in [-0.2, -0.15) is 4.68 Å². The highest BCUT2D eigenvalue weighted by molar-refractivity contribution is 9.10. The van der Waals surface area contributed by atoms with Gasteiger partial charge in [0, 0.05) is 21.4 Å². The van der Waals surface area contributed by atoms with Crippen molar-refractivity contribution in [3.63, 3.8) is 0 Å². The van der Waals surface area contributed by atoms with Gasteiger partial charge < -0.3 is 15.4 Å². The van der Waals surface area contributed by atoms with Crippen molar-refractivity contribution in [3.8, 4) is 5.75 Å². The van der Waals surface area contributed by atoms with Gasteiger partial charge in [-0.15, -0.1) is 0 Å². The van der Waals surface area contributed by atoms with Gasteiger partial charge in [0.05, 0.1) is 12.2 Å². The summed E-state index contributed by atoms with van der Waals surface area (Å²) in [4.78, 5) is 13.5. The maximum Gasteiger partial charge on any atom is 0.255 e. The molecule has 166 valence electrons. The minimum Gasteiger partial charge on any atom is -0.493 e. The van der Waals surface area contributed by atoms with E-state index < -0.39 is 6.04 Å². The molecule has 3 aromatic rings. The molecule has 4 rings (SSSR count). The fourth-order valence-corrected chi connectivity index (χ4v) is 4.00. The minimum absolute atomic E-state index is 0.232. The molecule has 0 spiro atoms. The predicted molar refractivity (Wildman–Crippen MR) is 127 cm³/mol. The van der Waals surface area contributed by atoms with Crippen LogP contribution in [0.3, 0.4) is 0 Å². The van der Waals surface area contributed by atoms with Crippen molar-refractivity contribution >= 4 is 33.5 Å². The lowest BCUT2D eigenvalue weighted by atomic mass is 9.94. The number of tetrazole rings is 1. The molecule has 2 heterocycles. The number of carbonyl (C=O) groups is 1. The van der Waals surface area contributed by atoms with Crippen molar-refractivity contribution in [2.45, 2.75) is 39.7 Å². The van der Waals surface area contributed by atoms with Crippen LogP contribution in [0.4, 0.5) is 11.6 Å². The lowest BCUT2D eigenvalue weighted by molar-refractivity contribution is -0.113. The van der Waals surface area contributed by atoms with E-state index >= 15 is 0 Å². The molecule has 9 heteroatoms. The third kappa shape index (κ3) is 4.52. The van der Waals surface area contributed by atoms with Crippen LogP contribution in [0.25, 0.3) is 0 Å². The van der Waals surface area contributed by atoms with Gasteiger partial charge in [-0.05, 0) is 61.0 Å². The van der Waals surface area contributed by atoms with Crippen molar-refractivity contribution in [3.05, 3.63) is 69.3 Å². The second kappa shape index (κ2) is 9.52. The molecule has 2 N–H and O–H groups in total. The smallest absolute Gasteiger partial charge is 0.255 e. The normalized spacial score (nSPS) is 15.2. The van der Waals surface area contributed by atoms with Gasteiger partial charge >= 0.3 is 0 Å². The second-order valence-electron chi connectivity index (χ2n) is 7.72. The maximum atomic E-state index is 13.5. The van der Waals surface area contributed by atoms with E-state index in [1.165, 1.54) is 0 Å². The molecule has 0 fully saturated rings. The van der Waals surface area contributed by atoms with Crippen LogP contribution in [0, 0.1) is 6.92 Å². The highest BCUT2D eigenvalue weighted by atomic mass is 79.9. The molecule has 8 nitrogen and oxygen atoms in total. The summed E-state index contributed by atoms with van der Waals surface area (Å²) in [5.74, 6) is 0.937. The number of nitrogens with zero attached hydrogens (tertiary/aromatic N) is 4. The van der Waals surface area contributed by atoms with E-state index in [-0.39, 0.29) is 5.91 Å². The Balaban J connectivity index is 1.77. The molecule has 1 unspecified atom stereocenters. The van der Waals surface area contributed by atoms with Crippen LogP contribution in [0.5, 0.6) is 5.75 Å². The summed E-state index contributed by atoms with van der Waals surface area (Å²) in [5, 5.41) is 18.2. The summed E-state index contributed by atoms with van der Waals surface area (Å²) in [6.45, 7) is 6.56. The zero-order valence-electron chi connectivity index (χ0n) is 18.2. The number of ether oxygens (including phenoxy) is 1. The van der Waals surface area contributed by atoms with Crippen LogP contribution >= 0.6 is 15.9 Å². The molecule has 0 radical (unpaired) electrons. The Labute approximate surface area is 195 Å². The lowest BCUT2D eigenvalue weighted by Crippen LogP contribution is -2.31. The molecular formula is C23H25BrN6O2. The predicted octanol–water partition coefficient (Wildman–Crippen LogP) is 4.85. The topological polar surface area (TPSA) is 94.0 Å². The number of carbonyl (C=O) groups excluding carboxylic acids is 1. The average molecular weight is 497 g/mol. The summed E-state index contributed by atoms with van der Waals surface area (Å²) in [5.41, 5.74) is 3.84. The van der Waals surface area contributed by atoms with Crippen LogP contribution < -0.4 is 15.4 Å². The van der Waals surface area contributed by atoms with Crippen molar-refractivity contribution in [1.29, 1.82) is 0 Å². The fraction of sp³-hybridized carbons (Fsp3) is 0.304. The molecule has 1 amide bonds. The van der Waals surface area contributed by atoms with Crippen LogP contribution in [0.1, 0.15) is 43.9 Å². The molecular weight excluding hydrogens is 472 g/mol. The first-order chi connectivity index (χ1) is 15.5. The Bertz CT molecular complexity index is 1160. The fourth-order valence-electron chi connectivity index (χ4n) is 3.62. The van der Waals surface area contributed by atoms with E-state index in [0.717, 1.165) is 34.1 Å². The van der Waals surface area contributed by atoms with E-state index in [4.69, 9.17) is 4.74 Å². The number of nitrogens with one attached hydrogen (secondary N) is 2. The highest BCUT2D eigenvalue weighted by Gasteiger charge is 2.36. The number of fused-ring (bicyclic) bond motifs is 1. The van der Waals surface area contributed by atoms with Gasteiger partial charge in [-0.3, -0.25) is 4.79 Å². The van der Waals surface area contributed by atoms with Crippen LogP contribution in [-0.4, -0.2) is 32.7 Å². The number of allylic oxidation sites excluding steroid dienone is 1. The standard InChI is InChI=1S/C23H25BrN6O2/c1-4-5-12-32-19-11-8-16(24)13-18(19)21-20(15(3)25-23-27-28-29-30(21)23)22(31)26-17-9-6-14(2)7-10-17/h6-11,13,21H,4-5,12H2,1-3H3,(H,26,31)(H,25,27,29). The molecule has 32 heavy (non-hydrogen) atoms. The Kier molecular flexibility index (Phi) is 6.55. The van der Waals surface area contributed by atoms with Gasteiger partial charge in [0.2, 0.25) is 5.95 Å². The first kappa shape index (κ1) is 22.0. The average Bonchev–Trinajstić information content (AvgIpc) is 3.23. The molecule has 0 bridgehead atoms. The Morgan fingerprint density at radius 1 is 1.22 bits per heavy atom. The third-order valence-corrected chi connectivity index (χ3v) is 5.78. The third-order valence-electron chi connectivity index (χ3n) is 5.29. The van der Waals surface area contributed by atoms with Crippen molar-refractivity contribution in [1.82, 2.24) is 20.2 Å². The van der Waals surface area contributed by atoms with Crippen LogP contribution in [0.15, 0.2) is 58.2 Å². The zero-order chi connectivity index (χ0) is 22.7. The number of amides is 1. The molecule has 0 aliphatic carbocycles. The van der Waals surface area contributed by atoms with Gasteiger partial charge in [0.25, 0.3) is 5.91 Å². The number of hydrogen-bond acceptors (Lipinski definition) is 6. The molecule has 1 aromatic heterocycles. The lowest BCUT2D eigenvalue weighted by Gasteiger charge is -2.29. The van der Waals surface area contributed by atoms with Gasteiger partial charge in [-0.1, -0.05) is 52.1 Å².